The van der Waals surface area contributed by atoms with Gasteiger partial charge in [0.1, 0.15) is 0 Å². The summed E-state index contributed by atoms with van der Waals surface area (Å²) in [5.41, 5.74) is 3.26. The first kappa shape index (κ1) is 16.3. The van der Waals surface area contributed by atoms with Crippen molar-refractivity contribution < 1.29 is 13.2 Å². The van der Waals surface area contributed by atoms with Gasteiger partial charge >= 0.3 is 0 Å². The quantitative estimate of drug-likeness (QED) is 0.828. The molecular weight excluding hydrogens is 336 g/mol. The van der Waals surface area contributed by atoms with Crippen molar-refractivity contribution >= 4 is 15.9 Å². The molecule has 0 unspecified atom stereocenters. The van der Waals surface area contributed by atoms with Crippen LogP contribution in [-0.2, 0) is 21.2 Å². The van der Waals surface area contributed by atoms with Crippen LogP contribution in [0.5, 0.6) is 0 Å². The maximum Gasteiger partial charge on any atom is 0.243 e. The predicted octanol–water partition coefficient (Wildman–Crippen LogP) is 2.13. The summed E-state index contributed by atoms with van der Waals surface area (Å²) in [4.78, 5) is 14.7. The number of amides is 1. The van der Waals surface area contributed by atoms with Gasteiger partial charge in [0.25, 0.3) is 0 Å². The summed E-state index contributed by atoms with van der Waals surface area (Å²) in [5.74, 6) is -0.124. The molecular formula is C19H20N2O3S. The van der Waals surface area contributed by atoms with Crippen LogP contribution in [0, 0.1) is 6.92 Å². The van der Waals surface area contributed by atoms with Crippen molar-refractivity contribution in [2.45, 2.75) is 24.3 Å². The number of hydrogen-bond acceptors (Lipinski definition) is 3. The van der Waals surface area contributed by atoms with Crippen LogP contribution in [0.1, 0.15) is 22.7 Å². The molecule has 0 saturated carbocycles. The van der Waals surface area contributed by atoms with Crippen molar-refractivity contribution in [2.75, 3.05) is 19.6 Å². The zero-order chi connectivity index (χ0) is 17.6. The first-order valence-corrected chi connectivity index (χ1v) is 9.85. The lowest BCUT2D eigenvalue weighted by Crippen LogP contribution is -2.55. The fourth-order valence-electron chi connectivity index (χ4n) is 3.69. The molecule has 1 atom stereocenters. The van der Waals surface area contributed by atoms with Crippen molar-refractivity contribution in [1.82, 2.24) is 9.21 Å². The number of piperazine rings is 1. The molecule has 0 spiro atoms. The van der Waals surface area contributed by atoms with Crippen molar-refractivity contribution in [2.24, 2.45) is 0 Å². The van der Waals surface area contributed by atoms with Gasteiger partial charge in [-0.1, -0.05) is 42.0 Å². The molecule has 2 aromatic carbocycles. The van der Waals surface area contributed by atoms with E-state index in [0.717, 1.165) is 17.5 Å². The third kappa shape index (κ3) is 2.75. The first-order chi connectivity index (χ1) is 12.0. The Morgan fingerprint density at radius 3 is 2.52 bits per heavy atom. The monoisotopic (exact) mass is 356 g/mol. The zero-order valence-corrected chi connectivity index (χ0v) is 14.9. The smallest absolute Gasteiger partial charge is 0.243 e. The maximum atomic E-state index is 13.0. The SMILES string of the molecule is Cc1ccc(S(=O)(=O)N2CC(=O)N3CCc4ccccc4[C@@H]3C2)cc1. The van der Waals surface area contributed by atoms with Crippen molar-refractivity contribution in [3.8, 4) is 0 Å². The molecule has 2 aliphatic heterocycles. The van der Waals surface area contributed by atoms with Crippen molar-refractivity contribution in [3.63, 3.8) is 0 Å². The van der Waals surface area contributed by atoms with E-state index in [9.17, 15) is 13.2 Å². The molecule has 2 aliphatic rings. The predicted molar refractivity (Wildman–Crippen MR) is 94.5 cm³/mol. The van der Waals surface area contributed by atoms with E-state index in [2.05, 4.69) is 6.07 Å². The molecule has 2 heterocycles. The second kappa shape index (κ2) is 5.97. The number of carbonyl (C=O) groups is 1. The van der Waals surface area contributed by atoms with Crippen LogP contribution >= 0.6 is 0 Å². The topological polar surface area (TPSA) is 57.7 Å². The Bertz CT molecular complexity index is 922. The highest BCUT2D eigenvalue weighted by molar-refractivity contribution is 7.89. The average Bonchev–Trinajstić information content (AvgIpc) is 2.62. The van der Waals surface area contributed by atoms with Crippen molar-refractivity contribution in [1.29, 1.82) is 0 Å². The summed E-state index contributed by atoms with van der Waals surface area (Å²) < 4.78 is 27.3. The highest BCUT2D eigenvalue weighted by atomic mass is 32.2. The minimum absolute atomic E-state index is 0.0884. The Labute approximate surface area is 147 Å². The van der Waals surface area contributed by atoms with Gasteiger partial charge in [0, 0.05) is 13.1 Å². The van der Waals surface area contributed by atoms with Crippen LogP contribution in [0.3, 0.4) is 0 Å². The lowest BCUT2D eigenvalue weighted by molar-refractivity contribution is -0.138. The van der Waals surface area contributed by atoms with Gasteiger partial charge in [-0.2, -0.15) is 4.31 Å². The van der Waals surface area contributed by atoms with Gasteiger partial charge in [-0.15, -0.1) is 0 Å². The molecule has 1 fully saturated rings. The van der Waals surface area contributed by atoms with E-state index in [1.807, 2.05) is 30.0 Å². The van der Waals surface area contributed by atoms with Gasteiger partial charge in [-0.25, -0.2) is 8.42 Å². The average molecular weight is 356 g/mol. The molecule has 0 N–H and O–H groups in total. The van der Waals surface area contributed by atoms with Gasteiger partial charge in [0.15, 0.2) is 0 Å². The second-order valence-corrected chi connectivity index (χ2v) is 8.60. The number of benzene rings is 2. The second-order valence-electron chi connectivity index (χ2n) is 6.66. The molecule has 0 aromatic heterocycles. The van der Waals surface area contributed by atoms with E-state index in [1.54, 1.807) is 24.3 Å². The molecule has 1 saturated heterocycles. The van der Waals surface area contributed by atoms with E-state index in [1.165, 1.54) is 9.87 Å². The summed E-state index contributed by atoms with van der Waals surface area (Å²) in [6, 6.07) is 14.6. The summed E-state index contributed by atoms with van der Waals surface area (Å²) in [5, 5.41) is 0. The Hall–Kier alpha value is -2.18. The summed E-state index contributed by atoms with van der Waals surface area (Å²) in [6.07, 6.45) is 0.823. The number of aryl methyl sites for hydroxylation is 1. The highest BCUT2D eigenvalue weighted by Gasteiger charge is 2.41. The number of hydrogen-bond donors (Lipinski definition) is 0. The fraction of sp³-hybridized carbons (Fsp3) is 0.316. The van der Waals surface area contributed by atoms with E-state index < -0.39 is 10.0 Å². The van der Waals surface area contributed by atoms with Gasteiger partial charge in [0.05, 0.1) is 17.5 Å². The van der Waals surface area contributed by atoms with Crippen LogP contribution in [-0.4, -0.2) is 43.2 Å². The van der Waals surface area contributed by atoms with Gasteiger partial charge in [-0.3, -0.25) is 4.79 Å². The van der Waals surface area contributed by atoms with E-state index in [0.29, 0.717) is 13.1 Å². The number of carbonyl (C=O) groups excluding carboxylic acids is 1. The lowest BCUT2D eigenvalue weighted by Gasteiger charge is -2.44. The molecule has 2 aromatic rings. The normalized spacial score (nSPS) is 20.9. The third-order valence-corrected chi connectivity index (χ3v) is 6.91. The highest BCUT2D eigenvalue weighted by Crippen LogP contribution is 2.34. The largest absolute Gasteiger partial charge is 0.333 e. The van der Waals surface area contributed by atoms with Gasteiger partial charge < -0.3 is 4.90 Å². The van der Waals surface area contributed by atoms with Gasteiger partial charge in [0.2, 0.25) is 15.9 Å². The molecule has 130 valence electrons. The first-order valence-electron chi connectivity index (χ1n) is 8.41. The lowest BCUT2D eigenvalue weighted by atomic mass is 9.91. The van der Waals surface area contributed by atoms with Gasteiger partial charge in [-0.05, 0) is 36.6 Å². The number of sulfonamides is 1. The molecule has 25 heavy (non-hydrogen) atoms. The van der Waals surface area contributed by atoms with Crippen LogP contribution in [0.4, 0.5) is 0 Å². The fourth-order valence-corrected chi connectivity index (χ4v) is 5.08. The van der Waals surface area contributed by atoms with E-state index in [-0.39, 0.29) is 23.4 Å². The number of nitrogens with zero attached hydrogens (tertiary/aromatic N) is 2. The Kier molecular flexibility index (Phi) is 3.89. The Morgan fingerprint density at radius 2 is 1.76 bits per heavy atom. The van der Waals surface area contributed by atoms with Crippen LogP contribution in [0.15, 0.2) is 53.4 Å². The van der Waals surface area contributed by atoms with Crippen LogP contribution in [0.25, 0.3) is 0 Å². The zero-order valence-electron chi connectivity index (χ0n) is 14.1. The standard InChI is InChI=1S/C19H20N2O3S/c1-14-6-8-16(9-7-14)25(23,24)20-12-18-17-5-3-2-4-15(17)10-11-21(18)19(22)13-20/h2-9,18H,10-13H2,1H3/t18-/m0/s1. The molecule has 0 aliphatic carbocycles. The minimum atomic E-state index is -3.68. The molecule has 1 amide bonds. The maximum absolute atomic E-state index is 13.0. The number of rotatable bonds is 2. The molecule has 0 bridgehead atoms. The van der Waals surface area contributed by atoms with E-state index >= 15 is 0 Å². The molecule has 4 rings (SSSR count). The van der Waals surface area contributed by atoms with Crippen molar-refractivity contribution in [3.05, 3.63) is 65.2 Å². The number of fused-ring (bicyclic) bond motifs is 3. The Morgan fingerprint density at radius 1 is 1.04 bits per heavy atom. The summed E-state index contributed by atoms with van der Waals surface area (Å²) in [7, 11) is -3.68. The summed E-state index contributed by atoms with van der Waals surface area (Å²) >= 11 is 0. The Balaban J connectivity index is 1.70. The molecule has 5 nitrogen and oxygen atoms in total. The summed E-state index contributed by atoms with van der Waals surface area (Å²) in [6.45, 7) is 2.78. The molecule has 6 heteroatoms. The van der Waals surface area contributed by atoms with Crippen LogP contribution < -0.4 is 0 Å². The van der Waals surface area contributed by atoms with Crippen LogP contribution in [0.2, 0.25) is 0 Å². The van der Waals surface area contributed by atoms with E-state index in [4.69, 9.17) is 0 Å². The molecule has 0 radical (unpaired) electrons. The minimum Gasteiger partial charge on any atom is -0.333 e. The third-order valence-electron chi connectivity index (χ3n) is 5.08.